The van der Waals surface area contributed by atoms with Crippen molar-refractivity contribution in [3.8, 4) is 0 Å². The van der Waals surface area contributed by atoms with Crippen molar-refractivity contribution in [1.29, 1.82) is 5.41 Å². The summed E-state index contributed by atoms with van der Waals surface area (Å²) in [5.74, 6) is 0.0664. The Labute approximate surface area is 111 Å². The van der Waals surface area contributed by atoms with Crippen molar-refractivity contribution >= 4 is 17.6 Å². The molecule has 0 atom stereocenters. The van der Waals surface area contributed by atoms with Crippen LogP contribution in [0.5, 0.6) is 0 Å². The Balaban J connectivity index is 2.44. The molecule has 0 fully saturated rings. The summed E-state index contributed by atoms with van der Waals surface area (Å²) in [6.07, 6.45) is 1.75. The van der Waals surface area contributed by atoms with E-state index in [1.165, 1.54) is 5.56 Å². The van der Waals surface area contributed by atoms with Crippen LogP contribution < -0.4 is 5.73 Å². The quantitative estimate of drug-likeness (QED) is 0.656. The van der Waals surface area contributed by atoms with E-state index in [1.807, 2.05) is 31.2 Å². The van der Waals surface area contributed by atoms with E-state index in [4.69, 9.17) is 11.1 Å². The Morgan fingerprint density at radius 1 is 1.17 bits per heavy atom. The molecule has 0 spiro atoms. The van der Waals surface area contributed by atoms with Gasteiger partial charge in [0, 0.05) is 11.1 Å². The number of hydrogen-bond acceptors (Lipinski definition) is 3. The molecule has 0 amide bonds. The summed E-state index contributed by atoms with van der Waals surface area (Å²) in [7, 11) is 0. The monoisotopic (exact) mass is 257 g/mol. The summed E-state index contributed by atoms with van der Waals surface area (Å²) in [6, 6.07) is 9.99. The lowest BCUT2D eigenvalue weighted by Gasteiger charge is -2.10. The Kier molecular flexibility index (Phi) is 3.67. The maximum atomic E-state index is 7.66. The third kappa shape index (κ3) is 2.54. The van der Waals surface area contributed by atoms with Gasteiger partial charge in [-0.3, -0.25) is 5.41 Å². The molecule has 2 aromatic rings. The highest BCUT2D eigenvalue weighted by atomic mass is 32.2. The summed E-state index contributed by atoms with van der Waals surface area (Å²) in [5.41, 5.74) is 8.54. The van der Waals surface area contributed by atoms with E-state index < -0.39 is 0 Å². The summed E-state index contributed by atoms with van der Waals surface area (Å²) in [5, 5.41) is 8.45. The SMILES string of the molecule is Cc1ccccc1Sc1nccc(C)c1C(=N)N. The fourth-order valence-corrected chi connectivity index (χ4v) is 2.78. The molecule has 0 saturated heterocycles. The van der Waals surface area contributed by atoms with Gasteiger partial charge in [-0.15, -0.1) is 0 Å². The minimum atomic E-state index is 0.0664. The molecule has 1 heterocycles. The zero-order valence-electron chi connectivity index (χ0n) is 10.4. The van der Waals surface area contributed by atoms with E-state index in [0.717, 1.165) is 21.0 Å². The van der Waals surface area contributed by atoms with Crippen molar-refractivity contribution in [3.05, 3.63) is 53.2 Å². The number of aromatic nitrogens is 1. The number of nitrogens with zero attached hydrogens (tertiary/aromatic N) is 1. The Hall–Kier alpha value is -1.81. The lowest BCUT2D eigenvalue weighted by molar-refractivity contribution is 1.08. The third-order valence-electron chi connectivity index (χ3n) is 2.69. The van der Waals surface area contributed by atoms with Crippen LogP contribution in [0.2, 0.25) is 0 Å². The number of rotatable bonds is 3. The second-order valence-electron chi connectivity index (χ2n) is 4.09. The first-order chi connectivity index (χ1) is 8.59. The molecule has 0 saturated carbocycles. The Morgan fingerprint density at radius 3 is 2.56 bits per heavy atom. The van der Waals surface area contributed by atoms with Gasteiger partial charge in [0.2, 0.25) is 0 Å². The fraction of sp³-hybridized carbons (Fsp3) is 0.143. The van der Waals surface area contributed by atoms with Crippen LogP contribution in [-0.2, 0) is 0 Å². The highest BCUT2D eigenvalue weighted by Crippen LogP contribution is 2.31. The molecule has 0 unspecified atom stereocenters. The first-order valence-corrected chi connectivity index (χ1v) is 6.44. The summed E-state index contributed by atoms with van der Waals surface area (Å²) < 4.78 is 0. The highest BCUT2D eigenvalue weighted by Gasteiger charge is 2.12. The van der Waals surface area contributed by atoms with Gasteiger partial charge in [0.15, 0.2) is 0 Å². The maximum Gasteiger partial charge on any atom is 0.125 e. The minimum absolute atomic E-state index is 0.0664. The lowest BCUT2D eigenvalue weighted by Crippen LogP contribution is -2.14. The van der Waals surface area contributed by atoms with Crippen molar-refractivity contribution in [1.82, 2.24) is 4.98 Å². The second kappa shape index (κ2) is 5.23. The number of nitrogens with two attached hydrogens (primary N) is 1. The van der Waals surface area contributed by atoms with Crippen molar-refractivity contribution in [2.24, 2.45) is 5.73 Å². The van der Waals surface area contributed by atoms with Gasteiger partial charge in [0.05, 0.1) is 5.56 Å². The molecule has 0 bridgehead atoms. The van der Waals surface area contributed by atoms with E-state index in [9.17, 15) is 0 Å². The molecular weight excluding hydrogens is 242 g/mol. The topological polar surface area (TPSA) is 62.8 Å². The fourth-order valence-electron chi connectivity index (χ4n) is 1.71. The number of benzene rings is 1. The summed E-state index contributed by atoms with van der Waals surface area (Å²) >= 11 is 1.55. The molecule has 92 valence electrons. The first-order valence-electron chi connectivity index (χ1n) is 5.63. The van der Waals surface area contributed by atoms with Gasteiger partial charge in [0.25, 0.3) is 0 Å². The van der Waals surface area contributed by atoms with Crippen molar-refractivity contribution < 1.29 is 0 Å². The first kappa shape index (κ1) is 12.6. The number of hydrogen-bond donors (Lipinski definition) is 2. The smallest absolute Gasteiger partial charge is 0.125 e. The molecule has 2 rings (SSSR count). The largest absolute Gasteiger partial charge is 0.384 e. The molecule has 1 aromatic heterocycles. The van der Waals surface area contributed by atoms with E-state index in [2.05, 4.69) is 18.0 Å². The molecule has 0 radical (unpaired) electrons. The van der Waals surface area contributed by atoms with Crippen LogP contribution in [0.25, 0.3) is 0 Å². The predicted octanol–water partition coefficient (Wildman–Crippen LogP) is 3.13. The predicted molar refractivity (Wildman–Crippen MR) is 75.3 cm³/mol. The standard InChI is InChI=1S/C14H15N3S/c1-9-5-3-4-6-11(9)18-14-12(13(15)16)10(2)7-8-17-14/h3-8H,1-2H3,(H3,15,16). The number of pyridine rings is 1. The molecular formula is C14H15N3S. The van der Waals surface area contributed by atoms with Gasteiger partial charge >= 0.3 is 0 Å². The van der Waals surface area contributed by atoms with Crippen LogP contribution in [0, 0.1) is 19.3 Å². The van der Waals surface area contributed by atoms with Crippen molar-refractivity contribution in [3.63, 3.8) is 0 Å². The van der Waals surface area contributed by atoms with E-state index in [-0.39, 0.29) is 5.84 Å². The van der Waals surface area contributed by atoms with Crippen molar-refractivity contribution in [2.45, 2.75) is 23.8 Å². The zero-order valence-corrected chi connectivity index (χ0v) is 11.2. The van der Waals surface area contributed by atoms with Crippen LogP contribution in [0.1, 0.15) is 16.7 Å². The summed E-state index contributed by atoms with van der Waals surface area (Å²) in [4.78, 5) is 5.48. The van der Waals surface area contributed by atoms with Gasteiger partial charge in [-0.25, -0.2) is 4.98 Å². The molecule has 0 aliphatic rings. The molecule has 0 aliphatic heterocycles. The van der Waals surface area contributed by atoms with E-state index >= 15 is 0 Å². The molecule has 3 nitrogen and oxygen atoms in total. The van der Waals surface area contributed by atoms with E-state index in [0.29, 0.717) is 0 Å². The highest BCUT2D eigenvalue weighted by molar-refractivity contribution is 7.99. The average molecular weight is 257 g/mol. The Bertz CT molecular complexity index is 593. The van der Waals surface area contributed by atoms with Gasteiger partial charge in [-0.05, 0) is 37.1 Å². The van der Waals surface area contributed by atoms with Gasteiger partial charge < -0.3 is 5.73 Å². The number of aryl methyl sites for hydroxylation is 2. The van der Waals surface area contributed by atoms with Gasteiger partial charge in [-0.1, -0.05) is 30.0 Å². The van der Waals surface area contributed by atoms with Crippen LogP contribution >= 0.6 is 11.8 Å². The molecule has 1 aromatic carbocycles. The average Bonchev–Trinajstić information content (AvgIpc) is 2.31. The minimum Gasteiger partial charge on any atom is -0.384 e. The normalized spacial score (nSPS) is 10.3. The van der Waals surface area contributed by atoms with Crippen LogP contribution in [0.15, 0.2) is 46.5 Å². The van der Waals surface area contributed by atoms with E-state index in [1.54, 1.807) is 18.0 Å². The van der Waals surface area contributed by atoms with Gasteiger partial charge in [0.1, 0.15) is 10.9 Å². The number of amidine groups is 1. The molecule has 18 heavy (non-hydrogen) atoms. The lowest BCUT2D eigenvalue weighted by atomic mass is 10.1. The Morgan fingerprint density at radius 2 is 1.89 bits per heavy atom. The van der Waals surface area contributed by atoms with Crippen LogP contribution in [0.4, 0.5) is 0 Å². The van der Waals surface area contributed by atoms with Crippen LogP contribution in [-0.4, -0.2) is 10.8 Å². The van der Waals surface area contributed by atoms with Crippen LogP contribution in [0.3, 0.4) is 0 Å². The maximum absolute atomic E-state index is 7.66. The zero-order chi connectivity index (χ0) is 13.1. The summed E-state index contributed by atoms with van der Waals surface area (Å²) in [6.45, 7) is 4.01. The number of nitrogen functional groups attached to an aromatic ring is 1. The number of nitrogens with one attached hydrogen (secondary N) is 1. The molecule has 3 N–H and O–H groups in total. The second-order valence-corrected chi connectivity index (χ2v) is 5.12. The molecule has 0 aliphatic carbocycles. The van der Waals surface area contributed by atoms with Crippen molar-refractivity contribution in [2.75, 3.05) is 0 Å². The third-order valence-corrected chi connectivity index (χ3v) is 3.87. The molecule has 4 heteroatoms. The van der Waals surface area contributed by atoms with Gasteiger partial charge in [-0.2, -0.15) is 0 Å².